The van der Waals surface area contributed by atoms with E-state index in [-0.39, 0.29) is 18.3 Å². The van der Waals surface area contributed by atoms with Gasteiger partial charge in [0.2, 0.25) is 5.95 Å². The number of amides is 1. The molecule has 2 rings (SSSR count). The lowest BCUT2D eigenvalue weighted by atomic mass is 10.2. The number of rotatable bonds is 7. The van der Waals surface area contributed by atoms with E-state index in [4.69, 9.17) is 10.5 Å². The minimum absolute atomic E-state index is 0.0346. The van der Waals surface area contributed by atoms with Crippen molar-refractivity contribution in [3.63, 3.8) is 0 Å². The first-order valence-electron chi connectivity index (χ1n) is 9.23. The van der Waals surface area contributed by atoms with E-state index in [1.54, 1.807) is 45.0 Å². The zero-order chi connectivity index (χ0) is 22.4. The second-order valence-corrected chi connectivity index (χ2v) is 7.36. The van der Waals surface area contributed by atoms with Crippen LogP contribution in [0.1, 0.15) is 32.8 Å². The first kappa shape index (κ1) is 23.2. The van der Waals surface area contributed by atoms with Crippen molar-refractivity contribution in [1.29, 1.82) is 0 Å². The van der Waals surface area contributed by atoms with Gasteiger partial charge in [-0.15, -0.1) is 0 Å². The van der Waals surface area contributed by atoms with Crippen molar-refractivity contribution in [3.05, 3.63) is 36.0 Å². The van der Waals surface area contributed by atoms with Gasteiger partial charge < -0.3 is 21.1 Å². The predicted molar refractivity (Wildman–Crippen MR) is 109 cm³/mol. The van der Waals surface area contributed by atoms with E-state index in [1.165, 1.54) is 0 Å². The highest BCUT2D eigenvalue weighted by Crippen LogP contribution is 2.34. The van der Waals surface area contributed by atoms with Gasteiger partial charge in [0, 0.05) is 24.1 Å². The first-order chi connectivity index (χ1) is 14.0. The van der Waals surface area contributed by atoms with Gasteiger partial charge in [-0.2, -0.15) is 18.2 Å². The Morgan fingerprint density at radius 1 is 1.20 bits per heavy atom. The number of benzene rings is 1. The third-order valence-electron chi connectivity index (χ3n) is 3.53. The van der Waals surface area contributed by atoms with Crippen LogP contribution in [0.2, 0.25) is 0 Å². The number of carbonyl (C=O) groups excluding carboxylic acids is 1. The first-order valence-corrected chi connectivity index (χ1v) is 9.23. The molecule has 1 aromatic carbocycles. The van der Waals surface area contributed by atoms with Crippen LogP contribution in [0.15, 0.2) is 30.5 Å². The summed E-state index contributed by atoms with van der Waals surface area (Å²) in [5.41, 5.74) is 4.67. The Kier molecular flexibility index (Phi) is 7.43. The van der Waals surface area contributed by atoms with Crippen molar-refractivity contribution < 1.29 is 22.7 Å². The largest absolute Gasteiger partial charge is 0.444 e. The Hall–Kier alpha value is -3.08. The minimum atomic E-state index is -4.60. The lowest BCUT2D eigenvalue weighted by molar-refractivity contribution is -0.137. The van der Waals surface area contributed by atoms with Crippen LogP contribution in [0.4, 0.5) is 41.1 Å². The zero-order valence-corrected chi connectivity index (χ0v) is 16.9. The molecule has 0 unspecified atom stereocenters. The molecule has 30 heavy (non-hydrogen) atoms. The molecule has 0 spiro atoms. The van der Waals surface area contributed by atoms with Gasteiger partial charge in [-0.3, -0.25) is 5.32 Å². The molecule has 0 fully saturated rings. The van der Waals surface area contributed by atoms with E-state index in [9.17, 15) is 18.0 Å². The molecule has 0 aliphatic rings. The van der Waals surface area contributed by atoms with E-state index in [1.807, 2.05) is 0 Å². The van der Waals surface area contributed by atoms with Crippen LogP contribution in [0.5, 0.6) is 0 Å². The van der Waals surface area contributed by atoms with E-state index >= 15 is 0 Å². The topological polar surface area (TPSA) is 114 Å². The molecular formula is C19H25F3N6O2. The van der Waals surface area contributed by atoms with E-state index < -0.39 is 23.4 Å². The summed E-state index contributed by atoms with van der Waals surface area (Å²) in [6.07, 6.45) is -4.02. The Labute approximate surface area is 172 Å². The number of nitrogens with zero attached hydrogens (tertiary/aromatic N) is 2. The number of halogens is 3. The highest BCUT2D eigenvalue weighted by Gasteiger charge is 2.35. The van der Waals surface area contributed by atoms with E-state index in [2.05, 4.69) is 25.9 Å². The summed E-state index contributed by atoms with van der Waals surface area (Å²) < 4.78 is 44.8. The van der Waals surface area contributed by atoms with Crippen LogP contribution in [0.3, 0.4) is 0 Å². The van der Waals surface area contributed by atoms with Gasteiger partial charge in [-0.25, -0.2) is 9.78 Å². The summed E-state index contributed by atoms with van der Waals surface area (Å²) in [4.78, 5) is 19.6. The Balaban J connectivity index is 2.17. The number of hydrogen-bond acceptors (Lipinski definition) is 7. The standard InChI is InChI=1S/C19H25F3N6O2/c1-18(2,3)30-17(29)27-13-7-4-6-12(10-13)26-16-25-11-14(19(20,21)22)15(28-16)24-9-5-8-23/h4,6-7,10-11H,5,8-9,23H2,1-3H3,(H,27,29)(H2,24,25,26,28). The fourth-order valence-electron chi connectivity index (χ4n) is 2.32. The Morgan fingerprint density at radius 3 is 2.53 bits per heavy atom. The van der Waals surface area contributed by atoms with Crippen LogP contribution >= 0.6 is 0 Å². The van der Waals surface area contributed by atoms with Gasteiger partial charge in [-0.1, -0.05) is 6.07 Å². The fraction of sp³-hybridized carbons (Fsp3) is 0.421. The molecule has 0 bridgehead atoms. The monoisotopic (exact) mass is 426 g/mol. The summed E-state index contributed by atoms with van der Waals surface area (Å²) in [5.74, 6) is -0.371. The molecule has 0 saturated heterocycles. The highest BCUT2D eigenvalue weighted by atomic mass is 19.4. The molecule has 0 atom stereocenters. The molecule has 1 aromatic heterocycles. The third kappa shape index (κ3) is 7.39. The second-order valence-electron chi connectivity index (χ2n) is 7.36. The van der Waals surface area contributed by atoms with Crippen molar-refractivity contribution >= 4 is 29.2 Å². The van der Waals surface area contributed by atoms with Gasteiger partial charge >= 0.3 is 12.3 Å². The number of nitrogens with one attached hydrogen (secondary N) is 3. The molecule has 1 amide bonds. The van der Waals surface area contributed by atoms with Crippen LogP contribution in [0, 0.1) is 0 Å². The Bertz CT molecular complexity index is 868. The highest BCUT2D eigenvalue weighted by molar-refractivity contribution is 5.85. The minimum Gasteiger partial charge on any atom is -0.444 e. The normalized spacial score (nSPS) is 11.7. The van der Waals surface area contributed by atoms with E-state index in [0.717, 1.165) is 0 Å². The Morgan fingerprint density at radius 2 is 1.90 bits per heavy atom. The zero-order valence-electron chi connectivity index (χ0n) is 16.9. The van der Waals surface area contributed by atoms with Crippen molar-refractivity contribution in [2.75, 3.05) is 29.0 Å². The van der Waals surface area contributed by atoms with Crippen molar-refractivity contribution in [2.24, 2.45) is 5.73 Å². The van der Waals surface area contributed by atoms with Crippen molar-refractivity contribution in [1.82, 2.24) is 9.97 Å². The third-order valence-corrected chi connectivity index (χ3v) is 3.53. The lowest BCUT2D eigenvalue weighted by Crippen LogP contribution is -2.27. The van der Waals surface area contributed by atoms with Gasteiger partial charge in [-0.05, 0) is 51.9 Å². The predicted octanol–water partition coefficient (Wildman–Crippen LogP) is 4.35. The molecule has 0 aliphatic heterocycles. The molecule has 1 heterocycles. The molecular weight excluding hydrogens is 401 g/mol. The number of nitrogens with two attached hydrogens (primary N) is 1. The number of carbonyl (C=O) groups is 1. The molecule has 0 aliphatic carbocycles. The average Bonchev–Trinajstić information content (AvgIpc) is 2.59. The molecule has 164 valence electrons. The van der Waals surface area contributed by atoms with E-state index in [0.29, 0.717) is 30.5 Å². The number of anilines is 4. The maximum absolute atomic E-state index is 13.2. The second kappa shape index (κ2) is 9.61. The van der Waals surface area contributed by atoms with Crippen LogP contribution in [-0.2, 0) is 10.9 Å². The van der Waals surface area contributed by atoms with Gasteiger partial charge in [0.05, 0.1) is 0 Å². The summed E-state index contributed by atoms with van der Waals surface area (Å²) in [6.45, 7) is 5.80. The molecule has 5 N–H and O–H groups in total. The quantitative estimate of drug-likeness (QED) is 0.487. The number of alkyl halides is 3. The fourth-order valence-corrected chi connectivity index (χ4v) is 2.32. The molecule has 8 nitrogen and oxygen atoms in total. The molecule has 11 heteroatoms. The van der Waals surface area contributed by atoms with Crippen LogP contribution in [0.25, 0.3) is 0 Å². The summed E-state index contributed by atoms with van der Waals surface area (Å²) in [7, 11) is 0. The lowest BCUT2D eigenvalue weighted by Gasteiger charge is -2.19. The number of hydrogen-bond donors (Lipinski definition) is 4. The van der Waals surface area contributed by atoms with Gasteiger partial charge in [0.15, 0.2) is 0 Å². The maximum atomic E-state index is 13.2. The smallest absolute Gasteiger partial charge is 0.421 e. The number of ether oxygens (including phenoxy) is 1. The van der Waals surface area contributed by atoms with Crippen molar-refractivity contribution in [2.45, 2.75) is 39.0 Å². The SMILES string of the molecule is CC(C)(C)OC(=O)Nc1cccc(Nc2ncc(C(F)(F)F)c(NCCCN)n2)c1. The maximum Gasteiger partial charge on any atom is 0.421 e. The van der Waals surface area contributed by atoms with Crippen LogP contribution < -0.4 is 21.7 Å². The summed E-state index contributed by atoms with van der Waals surface area (Å²) in [6, 6.07) is 6.53. The average molecular weight is 426 g/mol. The van der Waals surface area contributed by atoms with Gasteiger partial charge in [0.25, 0.3) is 0 Å². The molecule has 0 saturated carbocycles. The summed E-state index contributed by atoms with van der Waals surface area (Å²) in [5, 5.41) is 8.05. The summed E-state index contributed by atoms with van der Waals surface area (Å²) >= 11 is 0. The van der Waals surface area contributed by atoms with Crippen LogP contribution in [-0.4, -0.2) is 34.8 Å². The number of aromatic nitrogens is 2. The van der Waals surface area contributed by atoms with Gasteiger partial charge in [0.1, 0.15) is 17.0 Å². The molecule has 0 radical (unpaired) electrons. The van der Waals surface area contributed by atoms with Crippen molar-refractivity contribution in [3.8, 4) is 0 Å². The molecule has 2 aromatic rings.